The lowest BCUT2D eigenvalue weighted by Crippen LogP contribution is -2.20. The SMILES string of the molecule is CS(=O)(=O)O.CS(=O)(=O)O.Nc1ncc(F)cc1-c1ccc(Oc2ncc(NC(=O)Nc3cc(C(F)(F)F)ccc3-c3cccnc3)cn2)cc1. The van der Waals surface area contributed by atoms with Crippen molar-refractivity contribution in [1.29, 1.82) is 0 Å². The van der Waals surface area contributed by atoms with E-state index >= 15 is 0 Å². The van der Waals surface area contributed by atoms with Crippen LogP contribution in [0.15, 0.2) is 91.6 Å². The van der Waals surface area contributed by atoms with Crippen LogP contribution in [0.4, 0.5) is 39.5 Å². The fourth-order valence-corrected chi connectivity index (χ4v) is 3.80. The number of alkyl halides is 3. The highest BCUT2D eigenvalue weighted by Gasteiger charge is 2.31. The molecular formula is C30H27F4N7O8S2. The maximum absolute atomic E-state index is 13.5. The van der Waals surface area contributed by atoms with Gasteiger partial charge in [-0.25, -0.2) is 24.1 Å². The molecule has 0 fully saturated rings. The van der Waals surface area contributed by atoms with Gasteiger partial charge in [-0.15, -0.1) is 0 Å². The lowest BCUT2D eigenvalue weighted by atomic mass is 10.0. The van der Waals surface area contributed by atoms with E-state index in [0.717, 1.165) is 18.3 Å². The van der Waals surface area contributed by atoms with Crippen molar-refractivity contribution in [3.05, 3.63) is 103 Å². The first-order chi connectivity index (χ1) is 23.7. The van der Waals surface area contributed by atoms with Crippen molar-refractivity contribution in [3.8, 4) is 34.0 Å². The number of halogens is 4. The van der Waals surface area contributed by atoms with E-state index < -0.39 is 43.8 Å². The maximum atomic E-state index is 13.5. The van der Waals surface area contributed by atoms with Gasteiger partial charge in [-0.1, -0.05) is 24.3 Å². The number of nitrogens with one attached hydrogen (secondary N) is 2. The first-order valence-electron chi connectivity index (χ1n) is 13.7. The molecular weight excluding hydrogens is 726 g/mol. The fourth-order valence-electron chi connectivity index (χ4n) is 3.80. The second-order valence-corrected chi connectivity index (χ2v) is 12.9. The quantitative estimate of drug-likeness (QED) is 0.102. The van der Waals surface area contributed by atoms with Crippen LogP contribution in [-0.4, -0.2) is 64.4 Å². The highest BCUT2D eigenvalue weighted by Crippen LogP contribution is 2.36. The smallest absolute Gasteiger partial charge is 0.416 e. The number of nitrogens with zero attached hydrogens (tertiary/aromatic N) is 4. The molecule has 5 aromatic rings. The molecule has 3 aromatic heterocycles. The van der Waals surface area contributed by atoms with Gasteiger partial charge in [0, 0.05) is 29.1 Å². The molecule has 51 heavy (non-hydrogen) atoms. The van der Waals surface area contributed by atoms with Crippen molar-refractivity contribution in [2.45, 2.75) is 6.18 Å². The largest absolute Gasteiger partial charge is 0.424 e. The number of anilines is 3. The molecule has 0 saturated carbocycles. The Morgan fingerprint density at radius 2 is 1.41 bits per heavy atom. The Labute approximate surface area is 288 Å². The number of aromatic nitrogens is 4. The van der Waals surface area contributed by atoms with Crippen LogP contribution >= 0.6 is 0 Å². The summed E-state index contributed by atoms with van der Waals surface area (Å²) in [6.45, 7) is 0. The zero-order valence-electron chi connectivity index (χ0n) is 26.2. The van der Waals surface area contributed by atoms with Crippen molar-refractivity contribution in [3.63, 3.8) is 0 Å². The van der Waals surface area contributed by atoms with E-state index in [-0.39, 0.29) is 23.2 Å². The lowest BCUT2D eigenvalue weighted by Gasteiger charge is -2.15. The minimum Gasteiger partial charge on any atom is -0.424 e. The van der Waals surface area contributed by atoms with Crippen molar-refractivity contribution in [2.24, 2.45) is 0 Å². The van der Waals surface area contributed by atoms with Gasteiger partial charge in [-0.3, -0.25) is 14.1 Å². The summed E-state index contributed by atoms with van der Waals surface area (Å²) in [6.07, 6.45) is 3.39. The Kier molecular flexibility index (Phi) is 13.0. The van der Waals surface area contributed by atoms with E-state index in [2.05, 4.69) is 30.6 Å². The van der Waals surface area contributed by atoms with Crippen molar-refractivity contribution >= 4 is 43.5 Å². The van der Waals surface area contributed by atoms with Gasteiger partial charge in [-0.05, 0) is 42.0 Å². The molecule has 5 rings (SSSR count). The second kappa shape index (κ2) is 16.8. The Bertz CT molecular complexity index is 2130. The van der Waals surface area contributed by atoms with Gasteiger partial charge in [-0.2, -0.15) is 30.0 Å². The van der Waals surface area contributed by atoms with Gasteiger partial charge in [0.1, 0.15) is 17.4 Å². The standard InChI is InChI=1S/C28H19F4N7O2.2CH4O3S/c29-19-11-23(25(33)35-13-19)16-3-6-21(7-4-16)41-27-36-14-20(15-37-27)38-26(40)39-24-10-18(28(30,31)32)5-8-22(24)17-2-1-9-34-12-17;2*1-5(2,3)4/h1-15H,(H2,33,35)(H2,38,39,40);2*1H3,(H,2,3,4). The van der Waals surface area contributed by atoms with Crippen LogP contribution in [-0.2, 0) is 26.4 Å². The van der Waals surface area contributed by atoms with Gasteiger partial charge in [0.25, 0.3) is 20.2 Å². The van der Waals surface area contributed by atoms with Gasteiger partial charge < -0.3 is 21.1 Å². The van der Waals surface area contributed by atoms with Gasteiger partial charge >= 0.3 is 18.2 Å². The summed E-state index contributed by atoms with van der Waals surface area (Å²) >= 11 is 0. The highest BCUT2D eigenvalue weighted by molar-refractivity contribution is 7.85. The number of urea groups is 1. The Hall–Kier alpha value is -5.77. The number of hydrogen-bond donors (Lipinski definition) is 5. The molecule has 0 saturated heterocycles. The average molecular weight is 754 g/mol. The molecule has 0 atom stereocenters. The Morgan fingerprint density at radius 3 is 1.96 bits per heavy atom. The maximum Gasteiger partial charge on any atom is 0.416 e. The summed E-state index contributed by atoms with van der Waals surface area (Å²) in [7, 11) is -7.33. The van der Waals surface area contributed by atoms with Crippen LogP contribution in [0.2, 0.25) is 0 Å². The lowest BCUT2D eigenvalue weighted by molar-refractivity contribution is -0.137. The Morgan fingerprint density at radius 1 is 0.804 bits per heavy atom. The third-order valence-corrected chi connectivity index (χ3v) is 5.71. The highest BCUT2D eigenvalue weighted by atomic mass is 32.2. The van der Waals surface area contributed by atoms with Crippen LogP contribution in [0, 0.1) is 5.82 Å². The van der Waals surface area contributed by atoms with Crippen molar-refractivity contribution in [2.75, 3.05) is 28.9 Å². The molecule has 21 heteroatoms. The summed E-state index contributed by atoms with van der Waals surface area (Å²) in [5.41, 5.74) is 6.92. The number of nitrogen functional groups attached to an aromatic ring is 1. The van der Waals surface area contributed by atoms with Crippen molar-refractivity contribution in [1.82, 2.24) is 19.9 Å². The van der Waals surface area contributed by atoms with Gasteiger partial charge in [0.2, 0.25) is 0 Å². The van der Waals surface area contributed by atoms with E-state index in [1.165, 1.54) is 36.9 Å². The number of hydrogen-bond acceptors (Lipinski definition) is 11. The van der Waals surface area contributed by atoms with E-state index in [1.54, 1.807) is 36.4 Å². The molecule has 0 bridgehead atoms. The van der Waals surface area contributed by atoms with Crippen LogP contribution < -0.4 is 21.1 Å². The molecule has 0 aliphatic heterocycles. The number of carbonyl (C=O) groups excluding carboxylic acids is 1. The van der Waals surface area contributed by atoms with Gasteiger partial charge in [0.05, 0.1) is 48.0 Å². The molecule has 0 unspecified atom stereocenters. The number of benzene rings is 2. The molecule has 6 N–H and O–H groups in total. The van der Waals surface area contributed by atoms with Gasteiger partial charge in [0.15, 0.2) is 0 Å². The monoisotopic (exact) mass is 753 g/mol. The third-order valence-electron chi connectivity index (χ3n) is 5.71. The van der Waals surface area contributed by atoms with E-state index in [0.29, 0.717) is 40.5 Å². The third kappa shape index (κ3) is 14.3. The minimum absolute atomic E-state index is 0.0348. The number of carbonyl (C=O) groups is 1. The van der Waals surface area contributed by atoms with Crippen molar-refractivity contribution < 1.29 is 53.0 Å². The Balaban J connectivity index is 0.000000619. The van der Waals surface area contributed by atoms with Crippen LogP contribution in [0.25, 0.3) is 22.3 Å². The second-order valence-electron chi connectivity index (χ2n) is 10.0. The predicted octanol–water partition coefficient (Wildman–Crippen LogP) is 5.79. The minimum atomic E-state index is -4.60. The number of nitrogens with two attached hydrogens (primary N) is 1. The van der Waals surface area contributed by atoms with E-state index in [9.17, 15) is 39.2 Å². The summed E-state index contributed by atoms with van der Waals surface area (Å²) in [5.74, 6) is 0.0357. The number of rotatable bonds is 6. The first-order valence-corrected chi connectivity index (χ1v) is 17.4. The molecule has 0 spiro atoms. The molecule has 2 aromatic carbocycles. The number of ether oxygens (including phenoxy) is 1. The molecule has 0 aliphatic rings. The summed E-state index contributed by atoms with van der Waals surface area (Å²) in [4.78, 5) is 28.5. The number of pyridine rings is 2. The van der Waals surface area contributed by atoms with Crippen LogP contribution in [0.3, 0.4) is 0 Å². The van der Waals surface area contributed by atoms with E-state index in [4.69, 9.17) is 19.6 Å². The topological polar surface area (TPSA) is 237 Å². The zero-order valence-corrected chi connectivity index (χ0v) is 27.8. The first kappa shape index (κ1) is 39.7. The molecule has 0 aliphatic carbocycles. The normalized spacial score (nSPS) is 11.2. The predicted molar refractivity (Wildman–Crippen MR) is 178 cm³/mol. The molecule has 15 nitrogen and oxygen atoms in total. The average Bonchev–Trinajstić information content (AvgIpc) is 3.02. The summed E-state index contributed by atoms with van der Waals surface area (Å²) in [5, 5.41) is 4.93. The van der Waals surface area contributed by atoms with Crippen LogP contribution in [0.1, 0.15) is 5.56 Å². The van der Waals surface area contributed by atoms with Crippen LogP contribution in [0.5, 0.6) is 11.8 Å². The fraction of sp³-hybridized carbons (Fsp3) is 0.100. The summed E-state index contributed by atoms with van der Waals surface area (Å²) < 4.78 is 111. The van der Waals surface area contributed by atoms with E-state index in [1.807, 2.05) is 0 Å². The summed E-state index contributed by atoms with van der Waals surface area (Å²) in [6, 6.07) is 13.3. The molecule has 270 valence electrons. The molecule has 0 radical (unpaired) electrons. The zero-order chi connectivity index (χ0) is 38.0. The number of amides is 2. The molecule has 3 heterocycles. The molecule has 2 amide bonds.